The van der Waals surface area contributed by atoms with Crippen LogP contribution < -0.4 is 0 Å². The second kappa shape index (κ2) is 4.42. The van der Waals surface area contributed by atoms with Gasteiger partial charge in [0.15, 0.2) is 0 Å². The fourth-order valence-corrected chi connectivity index (χ4v) is 0.782. The van der Waals surface area contributed by atoms with Gasteiger partial charge in [-0.1, -0.05) is 17.7 Å². The molecular weight excluding hydrogens is 161 g/mol. The molecule has 0 unspecified atom stereocenters. The van der Waals surface area contributed by atoms with Gasteiger partial charge in [0.25, 0.3) is 0 Å². The van der Waals surface area contributed by atoms with Crippen LogP contribution in [0.4, 0.5) is 0 Å². The molecule has 0 aliphatic carbocycles. The Morgan fingerprint density at radius 1 is 1.60 bits per heavy atom. The van der Waals surface area contributed by atoms with Crippen LogP contribution in [0.2, 0.25) is 0 Å². The molecule has 0 aromatic carbocycles. The summed E-state index contributed by atoms with van der Waals surface area (Å²) in [5.41, 5.74) is 2.26. The van der Waals surface area contributed by atoms with Gasteiger partial charge in [-0.15, -0.1) is 6.58 Å². The van der Waals surface area contributed by atoms with Crippen LogP contribution in [0.1, 0.15) is 13.3 Å². The van der Waals surface area contributed by atoms with Gasteiger partial charge < -0.3 is 5.32 Å². The third-order valence-electron chi connectivity index (χ3n) is 1.21. The van der Waals surface area contributed by atoms with Crippen LogP contribution in [-0.4, -0.2) is 0 Å². The van der Waals surface area contributed by atoms with Crippen LogP contribution in [0, 0.1) is 0 Å². The van der Waals surface area contributed by atoms with Gasteiger partial charge in [-0.2, -0.15) is 11.9 Å². The molecule has 2 heteroatoms. The van der Waals surface area contributed by atoms with Gasteiger partial charge in [0.1, 0.15) is 0 Å². The van der Waals surface area contributed by atoms with Crippen LogP contribution in [0.15, 0.2) is 36.2 Å². The van der Waals surface area contributed by atoms with Crippen molar-refractivity contribution in [1.82, 2.24) is 0 Å². The van der Waals surface area contributed by atoms with E-state index in [1.165, 1.54) is 5.57 Å². The molecule has 0 aromatic rings. The normalized spacial score (nSPS) is 16.5. The summed E-state index contributed by atoms with van der Waals surface area (Å²) in [6, 6.07) is 0. The van der Waals surface area contributed by atoms with E-state index in [-0.39, 0.29) is 18.6 Å². The van der Waals surface area contributed by atoms with Gasteiger partial charge in [0.05, 0.1) is 0 Å². The SMILES string of the molecule is C=C1CC(C)=CC=C[N-]1.[V]. The zero-order valence-electron chi connectivity index (χ0n) is 6.04. The van der Waals surface area contributed by atoms with Crippen molar-refractivity contribution in [3.8, 4) is 0 Å². The molecular formula is C8H10NV-. The predicted molar refractivity (Wildman–Crippen MR) is 40.0 cm³/mol. The minimum atomic E-state index is 0. The van der Waals surface area contributed by atoms with E-state index in [9.17, 15) is 0 Å². The summed E-state index contributed by atoms with van der Waals surface area (Å²) in [5.74, 6) is 0. The van der Waals surface area contributed by atoms with Crippen LogP contribution >= 0.6 is 0 Å². The summed E-state index contributed by atoms with van der Waals surface area (Å²) >= 11 is 0. The van der Waals surface area contributed by atoms with Gasteiger partial charge >= 0.3 is 0 Å². The Kier molecular flexibility index (Phi) is 4.25. The molecule has 1 radical (unpaired) electrons. The van der Waals surface area contributed by atoms with Gasteiger partial charge in [-0.25, -0.2) is 0 Å². The van der Waals surface area contributed by atoms with E-state index in [1.54, 1.807) is 6.20 Å². The minimum Gasteiger partial charge on any atom is -0.668 e. The van der Waals surface area contributed by atoms with Gasteiger partial charge in [0.2, 0.25) is 0 Å². The summed E-state index contributed by atoms with van der Waals surface area (Å²) in [6.45, 7) is 5.85. The van der Waals surface area contributed by atoms with Gasteiger partial charge in [0, 0.05) is 18.6 Å². The summed E-state index contributed by atoms with van der Waals surface area (Å²) in [4.78, 5) is 0. The van der Waals surface area contributed by atoms with E-state index in [0.717, 1.165) is 12.1 Å². The zero-order chi connectivity index (χ0) is 6.69. The van der Waals surface area contributed by atoms with Crippen molar-refractivity contribution in [2.24, 2.45) is 0 Å². The Morgan fingerprint density at radius 2 is 2.30 bits per heavy atom. The Bertz CT molecular complexity index is 180. The molecule has 1 heterocycles. The van der Waals surface area contributed by atoms with E-state index in [2.05, 4.69) is 24.9 Å². The molecule has 1 aliphatic rings. The molecule has 0 N–H and O–H groups in total. The van der Waals surface area contributed by atoms with Gasteiger partial charge in [-0.3, -0.25) is 0 Å². The Balaban J connectivity index is 0.000000810. The summed E-state index contributed by atoms with van der Waals surface area (Å²) < 4.78 is 0. The number of hydrogen-bond acceptors (Lipinski definition) is 0. The van der Waals surface area contributed by atoms with Crippen molar-refractivity contribution in [3.63, 3.8) is 0 Å². The number of nitrogens with zero attached hydrogens (tertiary/aromatic N) is 1. The van der Waals surface area contributed by atoms with E-state index in [4.69, 9.17) is 0 Å². The van der Waals surface area contributed by atoms with Gasteiger partial charge in [-0.05, 0) is 13.3 Å². The first kappa shape index (κ1) is 9.60. The Morgan fingerprint density at radius 3 is 3.00 bits per heavy atom. The molecule has 10 heavy (non-hydrogen) atoms. The van der Waals surface area contributed by atoms with E-state index in [0.29, 0.717) is 0 Å². The third-order valence-corrected chi connectivity index (χ3v) is 1.21. The largest absolute Gasteiger partial charge is 0.668 e. The summed E-state index contributed by atoms with van der Waals surface area (Å²) in [7, 11) is 0. The molecule has 0 amide bonds. The molecule has 1 nitrogen and oxygen atoms in total. The number of hydrogen-bond donors (Lipinski definition) is 0. The van der Waals surface area contributed by atoms with E-state index < -0.39 is 0 Å². The molecule has 1 rings (SSSR count). The average molecular weight is 171 g/mol. The first-order valence-corrected chi connectivity index (χ1v) is 3.00. The van der Waals surface area contributed by atoms with Crippen molar-refractivity contribution in [3.05, 3.63) is 41.5 Å². The zero-order valence-corrected chi connectivity index (χ0v) is 7.44. The van der Waals surface area contributed by atoms with Crippen molar-refractivity contribution in [2.75, 3.05) is 0 Å². The molecule has 0 saturated heterocycles. The minimum absolute atomic E-state index is 0. The molecule has 0 aromatic heterocycles. The third kappa shape index (κ3) is 2.95. The van der Waals surface area contributed by atoms with Crippen LogP contribution in [0.5, 0.6) is 0 Å². The van der Waals surface area contributed by atoms with E-state index in [1.807, 2.05) is 6.08 Å². The van der Waals surface area contributed by atoms with Crippen molar-refractivity contribution in [2.45, 2.75) is 13.3 Å². The summed E-state index contributed by atoms with van der Waals surface area (Å²) in [5, 5.41) is 4.05. The first-order valence-electron chi connectivity index (χ1n) is 3.00. The molecule has 0 fully saturated rings. The molecule has 0 saturated carbocycles. The fraction of sp³-hybridized carbons (Fsp3) is 0.250. The monoisotopic (exact) mass is 171 g/mol. The first-order chi connectivity index (χ1) is 4.29. The maximum atomic E-state index is 4.05. The summed E-state index contributed by atoms with van der Waals surface area (Å²) in [6.07, 6.45) is 6.68. The predicted octanol–water partition coefficient (Wildman–Crippen LogP) is 2.74. The smallest absolute Gasteiger partial charge is 0 e. The Hall–Kier alpha value is -0.396. The molecule has 0 bridgehead atoms. The topological polar surface area (TPSA) is 14.1 Å². The fourth-order valence-electron chi connectivity index (χ4n) is 0.782. The van der Waals surface area contributed by atoms with Crippen LogP contribution in [0.25, 0.3) is 5.32 Å². The number of allylic oxidation sites excluding steroid dienone is 3. The van der Waals surface area contributed by atoms with Crippen molar-refractivity contribution < 1.29 is 18.6 Å². The van der Waals surface area contributed by atoms with E-state index >= 15 is 0 Å². The molecule has 0 atom stereocenters. The molecule has 1 aliphatic heterocycles. The van der Waals surface area contributed by atoms with Crippen molar-refractivity contribution >= 4 is 0 Å². The second-order valence-corrected chi connectivity index (χ2v) is 2.23. The Labute approximate surface area is 73.8 Å². The maximum absolute atomic E-state index is 4.05. The average Bonchev–Trinajstić information content (AvgIpc) is 1.93. The number of rotatable bonds is 0. The maximum Gasteiger partial charge on any atom is 0 e. The quantitative estimate of drug-likeness (QED) is 0.532. The second-order valence-electron chi connectivity index (χ2n) is 2.23. The van der Waals surface area contributed by atoms with Crippen LogP contribution in [0.3, 0.4) is 0 Å². The van der Waals surface area contributed by atoms with Crippen LogP contribution in [-0.2, 0) is 18.6 Å². The molecule has 53 valence electrons. The molecule has 0 spiro atoms. The van der Waals surface area contributed by atoms with Crippen molar-refractivity contribution in [1.29, 1.82) is 0 Å². The standard InChI is InChI=1S/C8H10N.V/c1-7-4-3-5-9-8(2)6-7;/h3-5H,2,6H2,1H3;/q-1;.